The van der Waals surface area contributed by atoms with Crippen LogP contribution in [0.25, 0.3) is 0 Å². The number of carboxylic acids is 1. The molecular weight excluding hydrogens is 216 g/mol. The molecule has 0 saturated carbocycles. The van der Waals surface area contributed by atoms with Gasteiger partial charge in [-0.25, -0.2) is 4.79 Å². The second-order valence-corrected chi connectivity index (χ2v) is 3.28. The number of hydrogen-bond acceptors (Lipinski definition) is 5. The Morgan fingerprint density at radius 1 is 1.69 bits per heavy atom. The zero-order chi connectivity index (χ0) is 12.0. The Labute approximate surface area is 92.4 Å². The van der Waals surface area contributed by atoms with Crippen LogP contribution in [0, 0.1) is 0 Å². The minimum atomic E-state index is -1.16. The smallest absolute Gasteiger partial charge is 0.353 e. The quantitative estimate of drug-likeness (QED) is 0.592. The van der Waals surface area contributed by atoms with Crippen LogP contribution in [0.15, 0.2) is 5.16 Å². The van der Waals surface area contributed by atoms with Crippen molar-refractivity contribution >= 4 is 17.6 Å². The lowest BCUT2D eigenvalue weighted by atomic mass is 10.2. The molecule has 0 bridgehead atoms. The van der Waals surface area contributed by atoms with Crippen LogP contribution in [0.2, 0.25) is 0 Å². The van der Waals surface area contributed by atoms with E-state index in [0.29, 0.717) is 19.6 Å². The number of ether oxygens (including phenoxy) is 1. The highest BCUT2D eigenvalue weighted by molar-refractivity contribution is 6.36. The number of nitrogens with one attached hydrogen (secondary N) is 1. The van der Waals surface area contributed by atoms with Gasteiger partial charge in [-0.05, 0) is 6.42 Å². The highest BCUT2D eigenvalue weighted by Crippen LogP contribution is 2.10. The predicted octanol–water partition coefficient (Wildman–Crippen LogP) is -0.631. The maximum absolute atomic E-state index is 11.4. The number of hydrogen-bond donors (Lipinski definition) is 2. The molecule has 0 aromatic rings. The molecule has 0 saturated heterocycles. The molecule has 7 nitrogen and oxygen atoms in total. The van der Waals surface area contributed by atoms with Gasteiger partial charge in [0.2, 0.25) is 6.10 Å². The van der Waals surface area contributed by atoms with E-state index in [-0.39, 0.29) is 18.0 Å². The van der Waals surface area contributed by atoms with E-state index in [2.05, 4.69) is 10.5 Å². The Kier molecular flexibility index (Phi) is 4.71. The van der Waals surface area contributed by atoms with Crippen molar-refractivity contribution < 1.29 is 24.3 Å². The minimum absolute atomic E-state index is 0.00540. The van der Waals surface area contributed by atoms with Gasteiger partial charge >= 0.3 is 5.97 Å². The van der Waals surface area contributed by atoms with Crippen molar-refractivity contribution in [1.82, 2.24) is 5.32 Å². The molecule has 1 aliphatic heterocycles. The molecule has 0 spiro atoms. The average molecular weight is 230 g/mol. The van der Waals surface area contributed by atoms with Crippen LogP contribution in [-0.2, 0) is 19.2 Å². The topological polar surface area (TPSA) is 97.2 Å². The molecule has 2 N–H and O–H groups in total. The summed E-state index contributed by atoms with van der Waals surface area (Å²) in [5.74, 6) is -1.51. The summed E-state index contributed by atoms with van der Waals surface area (Å²) in [6.07, 6.45) is -0.124. The van der Waals surface area contributed by atoms with Gasteiger partial charge in [0.05, 0.1) is 0 Å². The van der Waals surface area contributed by atoms with Crippen LogP contribution < -0.4 is 5.32 Å². The minimum Gasteiger partial charge on any atom is -0.477 e. The zero-order valence-electron chi connectivity index (χ0n) is 8.93. The van der Waals surface area contributed by atoms with Gasteiger partial charge in [0, 0.05) is 26.7 Å². The second-order valence-electron chi connectivity index (χ2n) is 3.28. The maximum Gasteiger partial charge on any atom is 0.353 e. The van der Waals surface area contributed by atoms with Gasteiger partial charge < -0.3 is 20.0 Å². The average Bonchev–Trinajstić information content (AvgIpc) is 2.73. The van der Waals surface area contributed by atoms with Crippen molar-refractivity contribution in [2.45, 2.75) is 18.9 Å². The maximum atomic E-state index is 11.4. The standard InChI is InChI=1S/C9H14N2O5/c1-15-4-2-3-10-8(12)7-5-6(9(13)14)11-16-7/h7H,2-5H2,1H3,(H,10,12)(H,13,14). The molecule has 7 heteroatoms. The largest absolute Gasteiger partial charge is 0.477 e. The monoisotopic (exact) mass is 230 g/mol. The summed E-state index contributed by atoms with van der Waals surface area (Å²) in [6, 6.07) is 0. The fourth-order valence-corrected chi connectivity index (χ4v) is 1.19. The molecule has 0 radical (unpaired) electrons. The predicted molar refractivity (Wildman–Crippen MR) is 54.1 cm³/mol. The number of carboxylic acid groups (broad SMARTS) is 1. The first-order valence-corrected chi connectivity index (χ1v) is 4.87. The van der Waals surface area contributed by atoms with Crippen molar-refractivity contribution in [3.63, 3.8) is 0 Å². The van der Waals surface area contributed by atoms with E-state index < -0.39 is 12.1 Å². The molecule has 0 aromatic heterocycles. The van der Waals surface area contributed by atoms with Gasteiger partial charge in [0.15, 0.2) is 5.71 Å². The number of methoxy groups -OCH3 is 1. The SMILES string of the molecule is COCCCNC(=O)C1CC(C(=O)O)=NO1. The van der Waals surface area contributed by atoms with Gasteiger partial charge in [-0.2, -0.15) is 0 Å². The molecule has 0 aliphatic carbocycles. The molecule has 0 aromatic carbocycles. The molecular formula is C9H14N2O5. The molecule has 1 atom stereocenters. The Morgan fingerprint density at radius 3 is 3.00 bits per heavy atom. The Bertz CT molecular complexity index is 302. The molecule has 1 unspecified atom stereocenters. The lowest BCUT2D eigenvalue weighted by Crippen LogP contribution is -2.36. The Morgan fingerprint density at radius 2 is 2.44 bits per heavy atom. The van der Waals surface area contributed by atoms with Gasteiger partial charge in [0.25, 0.3) is 5.91 Å². The van der Waals surface area contributed by atoms with Gasteiger partial charge in [0.1, 0.15) is 0 Å². The van der Waals surface area contributed by atoms with E-state index in [1.165, 1.54) is 0 Å². The van der Waals surface area contributed by atoms with Crippen LogP contribution in [0.4, 0.5) is 0 Å². The molecule has 0 fully saturated rings. The first-order chi connectivity index (χ1) is 7.65. The molecule has 1 rings (SSSR count). The third kappa shape index (κ3) is 3.50. The highest BCUT2D eigenvalue weighted by Gasteiger charge is 2.31. The number of aliphatic carboxylic acids is 1. The molecule has 1 amide bonds. The van der Waals surface area contributed by atoms with Gasteiger partial charge in [-0.15, -0.1) is 0 Å². The first-order valence-electron chi connectivity index (χ1n) is 4.87. The van der Waals surface area contributed by atoms with Crippen LogP contribution in [0.1, 0.15) is 12.8 Å². The van der Waals surface area contributed by atoms with Crippen LogP contribution >= 0.6 is 0 Å². The Balaban J connectivity index is 2.23. The summed E-state index contributed by atoms with van der Waals surface area (Å²) < 4.78 is 4.81. The second kappa shape index (κ2) is 6.06. The number of rotatable bonds is 6. The summed E-state index contributed by atoms with van der Waals surface area (Å²) in [7, 11) is 1.58. The van der Waals surface area contributed by atoms with E-state index in [0.717, 1.165) is 0 Å². The van der Waals surface area contributed by atoms with Crippen LogP contribution in [0.3, 0.4) is 0 Å². The Hall–Kier alpha value is -1.63. The van der Waals surface area contributed by atoms with Crippen molar-refractivity contribution in [1.29, 1.82) is 0 Å². The van der Waals surface area contributed by atoms with Crippen molar-refractivity contribution in [2.24, 2.45) is 5.16 Å². The van der Waals surface area contributed by atoms with E-state index in [1.807, 2.05) is 0 Å². The molecule has 1 heterocycles. The van der Waals surface area contributed by atoms with Crippen LogP contribution in [-0.4, -0.2) is 49.1 Å². The van der Waals surface area contributed by atoms with E-state index >= 15 is 0 Å². The summed E-state index contributed by atoms with van der Waals surface area (Å²) in [6.45, 7) is 1.03. The lowest BCUT2D eigenvalue weighted by Gasteiger charge is -2.08. The van der Waals surface area contributed by atoms with E-state index in [4.69, 9.17) is 14.7 Å². The van der Waals surface area contributed by atoms with Gasteiger partial charge in [-0.1, -0.05) is 5.16 Å². The third-order valence-corrected chi connectivity index (χ3v) is 2.03. The van der Waals surface area contributed by atoms with E-state index in [9.17, 15) is 9.59 Å². The fourth-order valence-electron chi connectivity index (χ4n) is 1.19. The number of nitrogens with zero attached hydrogens (tertiary/aromatic N) is 1. The number of oxime groups is 1. The number of amides is 1. The number of carbonyl (C=O) groups is 2. The summed E-state index contributed by atoms with van der Waals surface area (Å²) >= 11 is 0. The molecule has 1 aliphatic rings. The normalized spacial score (nSPS) is 18.8. The highest BCUT2D eigenvalue weighted by atomic mass is 16.6. The molecule has 16 heavy (non-hydrogen) atoms. The van der Waals surface area contributed by atoms with Crippen molar-refractivity contribution in [2.75, 3.05) is 20.3 Å². The summed E-state index contributed by atoms with van der Waals surface area (Å²) in [4.78, 5) is 26.7. The van der Waals surface area contributed by atoms with Gasteiger partial charge in [-0.3, -0.25) is 4.79 Å². The van der Waals surface area contributed by atoms with E-state index in [1.54, 1.807) is 7.11 Å². The summed E-state index contributed by atoms with van der Waals surface area (Å²) in [5, 5.41) is 14.5. The first kappa shape index (κ1) is 12.4. The molecule has 90 valence electrons. The lowest BCUT2D eigenvalue weighted by molar-refractivity contribution is -0.131. The third-order valence-electron chi connectivity index (χ3n) is 2.03. The number of carbonyl (C=O) groups excluding carboxylic acids is 1. The summed E-state index contributed by atoms with van der Waals surface area (Å²) in [5.41, 5.74) is -0.128. The zero-order valence-corrected chi connectivity index (χ0v) is 8.93. The van der Waals surface area contributed by atoms with Crippen molar-refractivity contribution in [3.8, 4) is 0 Å². The van der Waals surface area contributed by atoms with Crippen molar-refractivity contribution in [3.05, 3.63) is 0 Å². The fraction of sp³-hybridized carbons (Fsp3) is 0.667. The van der Waals surface area contributed by atoms with Crippen LogP contribution in [0.5, 0.6) is 0 Å².